The number of benzene rings is 2. The molecule has 2 amide bonds. The smallest absolute Gasteiger partial charge is 0.241 e. The second-order valence-electron chi connectivity index (χ2n) is 16.7. The normalized spacial score (nSPS) is 21.9. The molecule has 4 aromatic rings. The van der Waals surface area contributed by atoms with E-state index in [0.29, 0.717) is 24.1 Å². The molecule has 2 aromatic heterocycles. The van der Waals surface area contributed by atoms with Crippen LogP contribution in [-0.2, 0) is 25.4 Å². The summed E-state index contributed by atoms with van der Waals surface area (Å²) in [6.07, 6.45) is 2.70. The zero-order valence-corrected chi connectivity index (χ0v) is 32.9. The van der Waals surface area contributed by atoms with Crippen LogP contribution in [0.2, 0.25) is 18.1 Å². The van der Waals surface area contributed by atoms with Crippen molar-refractivity contribution in [2.24, 2.45) is 10.8 Å². The second-order valence-corrected chi connectivity index (χ2v) is 21.5. The van der Waals surface area contributed by atoms with E-state index in [1.807, 2.05) is 94.6 Å². The summed E-state index contributed by atoms with van der Waals surface area (Å²) >= 11 is 0. The third kappa shape index (κ3) is 6.71. The Kier molecular flexibility index (Phi) is 9.48. The van der Waals surface area contributed by atoms with Gasteiger partial charge in [-0.1, -0.05) is 56.2 Å². The molecule has 11 heteroatoms. The standard InChI is InChI=1S/C40H52N4O6Si/c1-25-12-16-28(17-13-25)47-23-31-30(49-29-18-14-26(2)15-19-29)20-32(50-31)43-24-42-33-34(43)27(22-48-51(10,11)38(3,4)5)21-41-35(33)44-36(45)39(6,7)40(8,9)37(44)46/h12-19,21,24,30-32H,20,22-23H2,1-11H3/t30-,31+,32+/m0/s1. The van der Waals surface area contributed by atoms with E-state index < -0.39 is 31.5 Å². The van der Waals surface area contributed by atoms with Gasteiger partial charge in [-0.3, -0.25) is 9.59 Å². The highest BCUT2D eigenvalue weighted by molar-refractivity contribution is 6.74. The third-order valence-corrected chi connectivity index (χ3v) is 16.0. The number of rotatable bonds is 10. The molecule has 0 aliphatic carbocycles. The molecule has 2 aromatic carbocycles. The first-order valence-corrected chi connectivity index (χ1v) is 20.7. The van der Waals surface area contributed by atoms with Crippen LogP contribution in [0.25, 0.3) is 11.0 Å². The number of ether oxygens (including phenoxy) is 3. The van der Waals surface area contributed by atoms with Crippen molar-refractivity contribution < 1.29 is 28.2 Å². The number of aryl methyl sites for hydroxylation is 2. The molecule has 10 nitrogen and oxygen atoms in total. The monoisotopic (exact) mass is 712 g/mol. The molecular formula is C40H52N4O6Si. The van der Waals surface area contributed by atoms with Gasteiger partial charge in [-0.15, -0.1) is 0 Å². The van der Waals surface area contributed by atoms with Gasteiger partial charge in [0, 0.05) is 18.2 Å². The number of anilines is 1. The van der Waals surface area contributed by atoms with E-state index in [0.717, 1.165) is 28.2 Å². The van der Waals surface area contributed by atoms with Crippen LogP contribution in [0.3, 0.4) is 0 Å². The maximum atomic E-state index is 13.9. The second kappa shape index (κ2) is 13.2. The van der Waals surface area contributed by atoms with Crippen LogP contribution >= 0.6 is 0 Å². The molecular weight excluding hydrogens is 661 g/mol. The topological polar surface area (TPSA) is 105 Å². The maximum absolute atomic E-state index is 13.9. The molecule has 6 rings (SSSR count). The number of aromatic nitrogens is 3. The Morgan fingerprint density at radius 3 is 2.02 bits per heavy atom. The van der Waals surface area contributed by atoms with Gasteiger partial charge in [0.25, 0.3) is 0 Å². The molecule has 51 heavy (non-hydrogen) atoms. The molecule has 2 aliphatic heterocycles. The maximum Gasteiger partial charge on any atom is 0.241 e. The Labute approximate surface area is 302 Å². The molecule has 0 bridgehead atoms. The minimum absolute atomic E-state index is 0.00887. The Morgan fingerprint density at radius 1 is 0.882 bits per heavy atom. The first kappa shape index (κ1) is 36.7. The Hall–Kier alpha value is -4.06. The van der Waals surface area contributed by atoms with Crippen LogP contribution in [0, 0.1) is 24.7 Å². The lowest BCUT2D eigenvalue weighted by atomic mass is 9.70. The molecule has 4 heterocycles. The number of fused-ring (bicyclic) bond motifs is 1. The van der Waals surface area contributed by atoms with Gasteiger partial charge in [-0.25, -0.2) is 14.9 Å². The zero-order chi connectivity index (χ0) is 37.1. The molecule has 2 fully saturated rings. The summed E-state index contributed by atoms with van der Waals surface area (Å²) in [5, 5.41) is -0.00887. The van der Waals surface area contributed by atoms with E-state index >= 15 is 0 Å². The van der Waals surface area contributed by atoms with Gasteiger partial charge < -0.3 is 23.2 Å². The van der Waals surface area contributed by atoms with Crippen LogP contribution in [0.1, 0.15) is 77.8 Å². The highest BCUT2D eigenvalue weighted by atomic mass is 28.4. The SMILES string of the molecule is Cc1ccc(OC[C@H]2O[C@@H](n3cnc4c(N5C(=O)C(C)(C)C(C)(C)C5=O)ncc(CO[Si](C)(C)C(C)(C)C)c43)C[C@@H]2Oc2ccc(C)cc2)cc1. The molecule has 2 saturated heterocycles. The quantitative estimate of drug-likeness (QED) is 0.119. The highest BCUT2D eigenvalue weighted by Crippen LogP contribution is 2.49. The lowest BCUT2D eigenvalue weighted by Gasteiger charge is -2.36. The Bertz CT molecular complexity index is 1900. The van der Waals surface area contributed by atoms with Crippen molar-refractivity contribution in [1.29, 1.82) is 0 Å². The van der Waals surface area contributed by atoms with E-state index in [1.54, 1.807) is 12.5 Å². The minimum Gasteiger partial charge on any atom is -0.491 e. The summed E-state index contributed by atoms with van der Waals surface area (Å²) in [7, 11) is -2.16. The van der Waals surface area contributed by atoms with Crippen molar-refractivity contribution in [2.45, 2.75) is 112 Å². The van der Waals surface area contributed by atoms with Crippen molar-refractivity contribution in [1.82, 2.24) is 14.5 Å². The highest BCUT2D eigenvalue weighted by Gasteiger charge is 2.60. The first-order chi connectivity index (χ1) is 23.8. The Balaban J connectivity index is 1.40. The summed E-state index contributed by atoms with van der Waals surface area (Å²) < 4.78 is 28.2. The summed E-state index contributed by atoms with van der Waals surface area (Å²) in [5.41, 5.74) is 2.40. The fourth-order valence-corrected chi connectivity index (χ4v) is 7.14. The van der Waals surface area contributed by atoms with E-state index in [2.05, 4.69) is 33.9 Å². The number of imidazole rings is 1. The van der Waals surface area contributed by atoms with Gasteiger partial charge in [-0.2, -0.15) is 0 Å². The summed E-state index contributed by atoms with van der Waals surface area (Å²) in [4.78, 5) is 38.5. The lowest BCUT2D eigenvalue weighted by molar-refractivity contribution is -0.129. The molecule has 0 spiro atoms. The van der Waals surface area contributed by atoms with Crippen LogP contribution in [0.4, 0.5) is 5.82 Å². The molecule has 0 N–H and O–H groups in total. The largest absolute Gasteiger partial charge is 0.491 e. The summed E-state index contributed by atoms with van der Waals surface area (Å²) in [6, 6.07) is 15.9. The zero-order valence-electron chi connectivity index (χ0n) is 31.9. The number of carbonyl (C=O) groups excluding carboxylic acids is 2. The third-order valence-electron chi connectivity index (χ3n) is 11.5. The van der Waals surface area contributed by atoms with E-state index in [9.17, 15) is 9.59 Å². The van der Waals surface area contributed by atoms with Crippen LogP contribution in [-0.4, -0.2) is 53.5 Å². The van der Waals surface area contributed by atoms with Gasteiger partial charge >= 0.3 is 0 Å². The van der Waals surface area contributed by atoms with E-state index in [1.165, 1.54) is 4.90 Å². The summed E-state index contributed by atoms with van der Waals surface area (Å²) in [6.45, 7) is 22.9. The van der Waals surface area contributed by atoms with Crippen LogP contribution < -0.4 is 14.4 Å². The van der Waals surface area contributed by atoms with E-state index in [4.69, 9.17) is 28.6 Å². The number of nitrogens with zero attached hydrogens (tertiary/aromatic N) is 4. The van der Waals surface area contributed by atoms with Crippen molar-refractivity contribution in [3.63, 3.8) is 0 Å². The van der Waals surface area contributed by atoms with Crippen molar-refractivity contribution >= 4 is 37.0 Å². The number of amides is 2. The van der Waals surface area contributed by atoms with Gasteiger partial charge in [0.05, 0.1) is 29.3 Å². The van der Waals surface area contributed by atoms with Gasteiger partial charge in [0.2, 0.25) is 11.8 Å². The van der Waals surface area contributed by atoms with Crippen molar-refractivity contribution in [2.75, 3.05) is 11.5 Å². The number of carbonyl (C=O) groups is 2. The van der Waals surface area contributed by atoms with Crippen molar-refractivity contribution in [3.05, 3.63) is 77.7 Å². The average Bonchev–Trinajstić information content (AvgIpc) is 3.71. The van der Waals surface area contributed by atoms with Crippen LogP contribution in [0.15, 0.2) is 61.1 Å². The number of imide groups is 1. The van der Waals surface area contributed by atoms with E-state index in [-0.39, 0.29) is 35.4 Å². The van der Waals surface area contributed by atoms with Gasteiger partial charge in [-0.05, 0) is 83.9 Å². The molecule has 3 atom stereocenters. The predicted molar refractivity (Wildman–Crippen MR) is 200 cm³/mol. The molecule has 2 aliphatic rings. The van der Waals surface area contributed by atoms with Crippen LogP contribution in [0.5, 0.6) is 11.5 Å². The number of hydrogen-bond acceptors (Lipinski definition) is 8. The average molecular weight is 713 g/mol. The molecule has 0 unspecified atom stereocenters. The van der Waals surface area contributed by atoms with Crippen molar-refractivity contribution in [3.8, 4) is 11.5 Å². The number of hydrogen-bond donors (Lipinski definition) is 0. The summed E-state index contributed by atoms with van der Waals surface area (Å²) in [5.74, 6) is 1.11. The fraction of sp³-hybridized carbons (Fsp3) is 0.500. The van der Waals surface area contributed by atoms with Gasteiger partial charge in [0.15, 0.2) is 14.1 Å². The molecule has 0 radical (unpaired) electrons. The lowest BCUT2D eigenvalue weighted by Crippen LogP contribution is -2.40. The Morgan fingerprint density at radius 2 is 1.45 bits per heavy atom. The predicted octanol–water partition coefficient (Wildman–Crippen LogP) is 8.31. The fourth-order valence-electron chi connectivity index (χ4n) is 6.19. The molecule has 0 saturated carbocycles. The van der Waals surface area contributed by atoms with Gasteiger partial charge in [0.1, 0.15) is 42.1 Å². The molecule has 272 valence electrons. The minimum atomic E-state index is -2.16. The first-order valence-electron chi connectivity index (χ1n) is 17.8. The number of pyridine rings is 1.